The number of hydrogen-bond donors (Lipinski definition) is 5. The minimum absolute atomic E-state index is 0.315. The molecule has 0 saturated carbocycles. The molecule has 1 rings (SSSR count). The number of para-hydroxylation sites is 1. The van der Waals surface area contributed by atoms with Gasteiger partial charge in [0.05, 0.1) is 12.2 Å². The molecule has 0 unspecified atom stereocenters. The molecule has 9 heteroatoms. The third-order valence-electron chi connectivity index (χ3n) is 2.57. The summed E-state index contributed by atoms with van der Waals surface area (Å²) in [5.74, 6) is -2.60. The normalized spacial score (nSPS) is 13.1. The molecule has 0 spiro atoms. The van der Waals surface area contributed by atoms with Crippen LogP contribution in [0, 0.1) is 6.92 Å². The van der Waals surface area contributed by atoms with E-state index in [1.54, 1.807) is 31.2 Å². The molecule has 1 amide bonds. The minimum atomic E-state index is -4.60. The van der Waals surface area contributed by atoms with E-state index < -0.39 is 25.9 Å². The van der Waals surface area contributed by atoms with Crippen molar-refractivity contribution < 1.29 is 29.5 Å². The molecule has 1 aromatic carbocycles. The highest BCUT2D eigenvalue weighted by Crippen LogP contribution is 2.38. The fourth-order valence-corrected chi connectivity index (χ4v) is 1.80. The Labute approximate surface area is 115 Å². The second kappa shape index (κ2) is 6.94. The Hall–Kier alpha value is -1.28. The maximum atomic E-state index is 11.7. The summed E-state index contributed by atoms with van der Waals surface area (Å²) < 4.78 is 10.7. The molecule has 0 aromatic heterocycles. The number of hydrogen-bond acceptors (Lipinski definition) is 5. The first-order chi connectivity index (χ1) is 9.23. The molecule has 0 radical (unpaired) electrons. The quantitative estimate of drug-likeness (QED) is 0.279. The number of rotatable bonds is 6. The average Bonchev–Trinajstić information content (AvgIpc) is 2.37. The number of nitrogens with zero attached hydrogens (tertiary/aromatic N) is 1. The van der Waals surface area contributed by atoms with Crippen molar-refractivity contribution in [2.45, 2.75) is 12.8 Å². The van der Waals surface area contributed by atoms with E-state index >= 15 is 0 Å². The molecular weight excluding hydrogens is 287 g/mol. The highest BCUT2D eigenvalue weighted by Gasteiger charge is 2.26. The Balaban J connectivity index is 2.52. The van der Waals surface area contributed by atoms with Crippen LogP contribution in [0.25, 0.3) is 0 Å². The Bertz CT molecular complexity index is 517. The first-order valence-corrected chi connectivity index (χ1v) is 7.43. The summed E-state index contributed by atoms with van der Waals surface area (Å²) in [6.07, 6.45) is 0. The highest BCUT2D eigenvalue weighted by atomic mass is 31.2. The lowest BCUT2D eigenvalue weighted by atomic mass is 10.2. The van der Waals surface area contributed by atoms with Crippen molar-refractivity contribution in [1.82, 2.24) is 5.32 Å². The van der Waals surface area contributed by atoms with E-state index in [1.165, 1.54) is 0 Å². The molecule has 0 aliphatic carbocycles. The average molecular weight is 304 g/mol. The van der Waals surface area contributed by atoms with Crippen molar-refractivity contribution in [3.63, 3.8) is 0 Å². The van der Waals surface area contributed by atoms with Gasteiger partial charge in [0.2, 0.25) is 0 Å². The topological polar surface area (TPSA) is 130 Å². The zero-order valence-electron chi connectivity index (χ0n) is 10.8. The Morgan fingerprint density at radius 3 is 2.55 bits per heavy atom. The molecule has 1 atom stereocenters. The zero-order chi connectivity index (χ0) is 15.3. The van der Waals surface area contributed by atoms with E-state index in [0.717, 1.165) is 0 Å². The van der Waals surface area contributed by atoms with E-state index in [-0.39, 0.29) is 6.54 Å². The standard InChI is InChI=1S/C11H17N2O6P/c1-8-4-2-3-5-9(8)13(16)10(14)6-12-7-11(15)20(17,18)19/h2-5,11-12,15-16H,6-7H2,1H3,(H2,17,18,19)/t11-/m0/s1. The second-order valence-corrected chi connectivity index (χ2v) is 5.97. The molecule has 1 aromatic rings. The number of aliphatic hydroxyl groups excluding tert-OH is 1. The lowest BCUT2D eigenvalue weighted by Gasteiger charge is -2.18. The number of amides is 1. The van der Waals surface area contributed by atoms with Crippen molar-refractivity contribution in [2.24, 2.45) is 0 Å². The number of carbonyl (C=O) groups is 1. The van der Waals surface area contributed by atoms with Crippen LogP contribution in [0.1, 0.15) is 5.56 Å². The van der Waals surface area contributed by atoms with Crippen molar-refractivity contribution in [3.8, 4) is 0 Å². The smallest absolute Gasteiger partial charge is 0.355 e. The molecule has 20 heavy (non-hydrogen) atoms. The van der Waals surface area contributed by atoms with E-state index in [9.17, 15) is 14.6 Å². The van der Waals surface area contributed by atoms with E-state index in [4.69, 9.17) is 14.9 Å². The predicted molar refractivity (Wildman–Crippen MR) is 71.4 cm³/mol. The molecule has 0 aliphatic heterocycles. The van der Waals surface area contributed by atoms with Crippen LogP contribution in [0.5, 0.6) is 0 Å². The number of anilines is 1. The number of nitrogens with one attached hydrogen (secondary N) is 1. The summed E-state index contributed by atoms with van der Waals surface area (Å²) in [5.41, 5.74) is 1.01. The SMILES string of the molecule is Cc1ccccc1N(O)C(=O)CNC[C@@H](O)P(=O)(O)O. The van der Waals surface area contributed by atoms with Gasteiger partial charge in [-0.2, -0.15) is 5.06 Å². The number of carbonyl (C=O) groups excluding carboxylic acids is 1. The molecule has 0 fully saturated rings. The van der Waals surface area contributed by atoms with Gasteiger partial charge in [-0.15, -0.1) is 0 Å². The van der Waals surface area contributed by atoms with Gasteiger partial charge >= 0.3 is 7.60 Å². The van der Waals surface area contributed by atoms with Crippen LogP contribution in [0.15, 0.2) is 24.3 Å². The number of hydroxylamine groups is 1. The fraction of sp³-hybridized carbons (Fsp3) is 0.364. The lowest BCUT2D eigenvalue weighted by Crippen LogP contribution is -2.39. The van der Waals surface area contributed by atoms with Gasteiger partial charge in [0.15, 0.2) is 5.85 Å². The first kappa shape index (κ1) is 16.8. The maximum Gasteiger partial charge on any atom is 0.355 e. The van der Waals surface area contributed by atoms with Gasteiger partial charge in [-0.25, -0.2) is 0 Å². The van der Waals surface area contributed by atoms with Gasteiger partial charge in [-0.3, -0.25) is 14.6 Å². The zero-order valence-corrected chi connectivity index (χ0v) is 11.7. The van der Waals surface area contributed by atoms with Gasteiger partial charge < -0.3 is 20.2 Å². The third-order valence-corrected chi connectivity index (χ3v) is 3.53. The number of aryl methyl sites for hydroxylation is 1. The molecule has 0 heterocycles. The highest BCUT2D eigenvalue weighted by molar-refractivity contribution is 7.52. The largest absolute Gasteiger partial charge is 0.379 e. The molecule has 8 nitrogen and oxygen atoms in total. The summed E-state index contributed by atoms with van der Waals surface area (Å²) in [4.78, 5) is 29.0. The van der Waals surface area contributed by atoms with E-state index in [1.807, 2.05) is 0 Å². The van der Waals surface area contributed by atoms with Crippen LogP contribution >= 0.6 is 7.60 Å². The van der Waals surface area contributed by atoms with Crippen LogP contribution in [0.3, 0.4) is 0 Å². The second-order valence-electron chi connectivity index (χ2n) is 4.19. The third kappa shape index (κ3) is 4.68. The van der Waals surface area contributed by atoms with E-state index in [2.05, 4.69) is 5.32 Å². The number of aliphatic hydroxyl groups is 1. The van der Waals surface area contributed by atoms with Crippen molar-refractivity contribution >= 4 is 19.2 Å². The van der Waals surface area contributed by atoms with Crippen LogP contribution in [-0.2, 0) is 9.36 Å². The van der Waals surface area contributed by atoms with Crippen LogP contribution in [-0.4, -0.2) is 44.9 Å². The minimum Gasteiger partial charge on any atom is -0.379 e. The summed E-state index contributed by atoms with van der Waals surface area (Å²) in [6.45, 7) is 0.885. The monoisotopic (exact) mass is 304 g/mol. The van der Waals surface area contributed by atoms with Crippen LogP contribution in [0.2, 0.25) is 0 Å². The van der Waals surface area contributed by atoms with Crippen LogP contribution < -0.4 is 10.4 Å². The molecule has 112 valence electrons. The van der Waals surface area contributed by atoms with Gasteiger partial charge in [-0.1, -0.05) is 18.2 Å². The summed E-state index contributed by atoms with van der Waals surface area (Å²) >= 11 is 0. The van der Waals surface area contributed by atoms with Crippen molar-refractivity contribution in [1.29, 1.82) is 0 Å². The molecule has 0 bridgehead atoms. The van der Waals surface area contributed by atoms with Gasteiger partial charge in [0.25, 0.3) is 5.91 Å². The number of benzene rings is 1. The Kier molecular flexibility index (Phi) is 5.82. The molecule has 0 saturated heterocycles. The predicted octanol–water partition coefficient (Wildman–Crippen LogP) is -0.197. The van der Waals surface area contributed by atoms with Crippen molar-refractivity contribution in [2.75, 3.05) is 18.2 Å². The Morgan fingerprint density at radius 2 is 2.00 bits per heavy atom. The summed E-state index contributed by atoms with van der Waals surface area (Å²) in [7, 11) is -4.60. The molecular formula is C11H17N2O6P. The summed E-state index contributed by atoms with van der Waals surface area (Å²) in [5, 5.41) is 21.6. The molecule has 0 aliphatic rings. The van der Waals surface area contributed by atoms with Gasteiger partial charge in [-0.05, 0) is 18.6 Å². The first-order valence-electron chi connectivity index (χ1n) is 5.75. The van der Waals surface area contributed by atoms with E-state index in [0.29, 0.717) is 16.3 Å². The Morgan fingerprint density at radius 1 is 1.40 bits per heavy atom. The fourth-order valence-electron chi connectivity index (χ4n) is 1.44. The maximum absolute atomic E-state index is 11.7. The lowest BCUT2D eigenvalue weighted by molar-refractivity contribution is -0.122. The van der Waals surface area contributed by atoms with Crippen molar-refractivity contribution in [3.05, 3.63) is 29.8 Å². The summed E-state index contributed by atoms with van der Waals surface area (Å²) in [6, 6.07) is 6.68. The van der Waals surface area contributed by atoms with Crippen LogP contribution in [0.4, 0.5) is 5.69 Å². The van der Waals surface area contributed by atoms with Gasteiger partial charge in [0.1, 0.15) is 0 Å². The molecule has 5 N–H and O–H groups in total. The van der Waals surface area contributed by atoms with Gasteiger partial charge in [0, 0.05) is 6.54 Å².